The van der Waals surface area contributed by atoms with Crippen LogP contribution in [-0.2, 0) is 11.2 Å². The molecule has 17 heavy (non-hydrogen) atoms. The van der Waals surface area contributed by atoms with Gasteiger partial charge in [0, 0.05) is 30.6 Å². The average molecular weight is 234 g/mol. The summed E-state index contributed by atoms with van der Waals surface area (Å²) in [5, 5.41) is 2.95. The second kappa shape index (κ2) is 5.66. The van der Waals surface area contributed by atoms with Gasteiger partial charge in [0.25, 0.3) is 0 Å². The number of methoxy groups -OCH3 is 1. The van der Waals surface area contributed by atoms with Crippen LogP contribution in [0.2, 0.25) is 0 Å². The predicted molar refractivity (Wildman–Crippen MR) is 64.8 cm³/mol. The number of carbonyl (C=O) groups excluding carboxylic acids is 1. The molecule has 0 aromatic carbocycles. The molecule has 1 atom stereocenters. The van der Waals surface area contributed by atoms with Gasteiger partial charge in [-0.3, -0.25) is 4.79 Å². The maximum absolute atomic E-state index is 11.8. The fourth-order valence-corrected chi connectivity index (χ4v) is 2.13. The van der Waals surface area contributed by atoms with Crippen LogP contribution < -0.4 is 10.1 Å². The van der Waals surface area contributed by atoms with Gasteiger partial charge in [-0.15, -0.1) is 0 Å². The van der Waals surface area contributed by atoms with E-state index in [1.807, 2.05) is 18.2 Å². The molecule has 1 aliphatic heterocycles. The van der Waals surface area contributed by atoms with Crippen molar-refractivity contribution < 1.29 is 9.53 Å². The summed E-state index contributed by atoms with van der Waals surface area (Å²) in [7, 11) is 1.60. The molecule has 1 aliphatic rings. The molecule has 1 aromatic rings. The number of amides is 1. The van der Waals surface area contributed by atoms with E-state index in [0.29, 0.717) is 12.3 Å². The fourth-order valence-electron chi connectivity index (χ4n) is 2.13. The van der Waals surface area contributed by atoms with Gasteiger partial charge in [0.15, 0.2) is 0 Å². The molecule has 4 heteroatoms. The van der Waals surface area contributed by atoms with E-state index < -0.39 is 0 Å². The maximum atomic E-state index is 11.8. The second-order valence-electron chi connectivity index (χ2n) is 4.36. The third kappa shape index (κ3) is 3.19. The van der Waals surface area contributed by atoms with Crippen LogP contribution in [0, 0.1) is 5.92 Å². The highest BCUT2D eigenvalue weighted by Crippen LogP contribution is 2.18. The van der Waals surface area contributed by atoms with Gasteiger partial charge in [0.05, 0.1) is 7.11 Å². The van der Waals surface area contributed by atoms with Crippen molar-refractivity contribution in [1.82, 2.24) is 10.3 Å². The zero-order chi connectivity index (χ0) is 12.1. The van der Waals surface area contributed by atoms with E-state index in [1.54, 1.807) is 7.11 Å². The van der Waals surface area contributed by atoms with Crippen LogP contribution in [0.5, 0.6) is 5.88 Å². The van der Waals surface area contributed by atoms with Crippen LogP contribution in [0.3, 0.4) is 0 Å². The molecule has 0 bridgehead atoms. The Bertz CT molecular complexity index is 393. The summed E-state index contributed by atoms with van der Waals surface area (Å²) in [6, 6.07) is 5.67. The zero-order valence-corrected chi connectivity index (χ0v) is 10.1. The standard InChI is InChI=1S/C13H18N2O2/c1-17-12-7-4-6-11(15-12)9-10-5-2-3-8-14-13(10)16/h4,6-7,10H,2-3,5,8-9H2,1H3,(H,14,16). The highest BCUT2D eigenvalue weighted by Gasteiger charge is 2.21. The number of rotatable bonds is 3. The van der Waals surface area contributed by atoms with Crippen molar-refractivity contribution >= 4 is 5.91 Å². The van der Waals surface area contributed by atoms with E-state index in [4.69, 9.17) is 4.74 Å². The Hall–Kier alpha value is -1.58. The molecule has 1 N–H and O–H groups in total. The number of aromatic nitrogens is 1. The molecule has 1 amide bonds. The molecule has 2 rings (SSSR count). The van der Waals surface area contributed by atoms with E-state index in [2.05, 4.69) is 10.3 Å². The zero-order valence-electron chi connectivity index (χ0n) is 10.1. The van der Waals surface area contributed by atoms with E-state index in [-0.39, 0.29) is 11.8 Å². The molecular formula is C13H18N2O2. The van der Waals surface area contributed by atoms with Gasteiger partial charge in [0.1, 0.15) is 0 Å². The first kappa shape index (κ1) is 11.9. The number of pyridine rings is 1. The SMILES string of the molecule is COc1cccc(CC2CCCCNC2=O)n1. The largest absolute Gasteiger partial charge is 0.481 e. The highest BCUT2D eigenvalue weighted by atomic mass is 16.5. The van der Waals surface area contributed by atoms with E-state index in [9.17, 15) is 4.79 Å². The number of hydrogen-bond donors (Lipinski definition) is 1. The van der Waals surface area contributed by atoms with Crippen molar-refractivity contribution in [3.63, 3.8) is 0 Å². The lowest BCUT2D eigenvalue weighted by Crippen LogP contribution is -2.30. The van der Waals surface area contributed by atoms with Crippen LogP contribution in [0.25, 0.3) is 0 Å². The lowest BCUT2D eigenvalue weighted by atomic mass is 9.97. The number of hydrogen-bond acceptors (Lipinski definition) is 3. The minimum atomic E-state index is 0.0529. The Morgan fingerprint density at radius 1 is 1.47 bits per heavy atom. The summed E-state index contributed by atoms with van der Waals surface area (Å²) in [5.74, 6) is 0.820. The lowest BCUT2D eigenvalue weighted by molar-refractivity contribution is -0.124. The first-order valence-corrected chi connectivity index (χ1v) is 6.07. The topological polar surface area (TPSA) is 51.2 Å². The Labute approximate surface area is 101 Å². The molecule has 0 spiro atoms. The molecule has 0 aliphatic carbocycles. The van der Waals surface area contributed by atoms with Gasteiger partial charge in [-0.2, -0.15) is 0 Å². The summed E-state index contributed by atoms with van der Waals surface area (Å²) >= 11 is 0. The smallest absolute Gasteiger partial charge is 0.223 e. The number of ether oxygens (including phenoxy) is 1. The van der Waals surface area contributed by atoms with E-state index in [0.717, 1.165) is 31.5 Å². The van der Waals surface area contributed by atoms with Crippen LogP contribution in [0.4, 0.5) is 0 Å². The normalized spacial score (nSPS) is 20.5. The minimum absolute atomic E-state index is 0.0529. The second-order valence-corrected chi connectivity index (χ2v) is 4.36. The quantitative estimate of drug-likeness (QED) is 0.863. The molecule has 0 saturated carbocycles. The number of nitrogens with zero attached hydrogens (tertiary/aromatic N) is 1. The van der Waals surface area contributed by atoms with Gasteiger partial charge in [-0.25, -0.2) is 4.98 Å². The van der Waals surface area contributed by atoms with Crippen molar-refractivity contribution in [3.05, 3.63) is 23.9 Å². The highest BCUT2D eigenvalue weighted by molar-refractivity contribution is 5.79. The van der Waals surface area contributed by atoms with Crippen LogP contribution >= 0.6 is 0 Å². The summed E-state index contributed by atoms with van der Waals surface area (Å²) in [6.45, 7) is 0.806. The fraction of sp³-hybridized carbons (Fsp3) is 0.538. The Balaban J connectivity index is 2.05. The van der Waals surface area contributed by atoms with E-state index in [1.165, 1.54) is 0 Å². The van der Waals surface area contributed by atoms with Gasteiger partial charge in [0.2, 0.25) is 11.8 Å². The van der Waals surface area contributed by atoms with Crippen LogP contribution in [0.15, 0.2) is 18.2 Å². The molecule has 4 nitrogen and oxygen atoms in total. The Morgan fingerprint density at radius 2 is 2.35 bits per heavy atom. The minimum Gasteiger partial charge on any atom is -0.481 e. The van der Waals surface area contributed by atoms with Crippen molar-refractivity contribution in [2.45, 2.75) is 25.7 Å². The monoisotopic (exact) mass is 234 g/mol. The van der Waals surface area contributed by atoms with Crippen LogP contribution in [-0.4, -0.2) is 24.5 Å². The van der Waals surface area contributed by atoms with Gasteiger partial charge in [-0.1, -0.05) is 12.5 Å². The van der Waals surface area contributed by atoms with E-state index >= 15 is 0 Å². The third-order valence-corrected chi connectivity index (χ3v) is 3.10. The molecule has 1 unspecified atom stereocenters. The average Bonchev–Trinajstić information content (AvgIpc) is 2.55. The molecule has 92 valence electrons. The first-order valence-electron chi connectivity index (χ1n) is 6.07. The molecule has 1 aromatic heterocycles. The van der Waals surface area contributed by atoms with Crippen molar-refractivity contribution in [1.29, 1.82) is 0 Å². The first-order chi connectivity index (χ1) is 8.29. The maximum Gasteiger partial charge on any atom is 0.223 e. The number of nitrogens with one attached hydrogen (secondary N) is 1. The van der Waals surface area contributed by atoms with Crippen molar-refractivity contribution in [2.24, 2.45) is 5.92 Å². The lowest BCUT2D eigenvalue weighted by Gasteiger charge is -2.12. The third-order valence-electron chi connectivity index (χ3n) is 3.10. The molecule has 1 fully saturated rings. The summed E-state index contributed by atoms with van der Waals surface area (Å²) in [6.07, 6.45) is 3.83. The Kier molecular flexibility index (Phi) is 3.96. The summed E-state index contributed by atoms with van der Waals surface area (Å²) in [5.41, 5.74) is 0.923. The van der Waals surface area contributed by atoms with Crippen LogP contribution in [0.1, 0.15) is 25.0 Å². The van der Waals surface area contributed by atoms with Gasteiger partial charge >= 0.3 is 0 Å². The van der Waals surface area contributed by atoms with Crippen molar-refractivity contribution in [2.75, 3.05) is 13.7 Å². The van der Waals surface area contributed by atoms with Crippen molar-refractivity contribution in [3.8, 4) is 5.88 Å². The number of carbonyl (C=O) groups is 1. The molecule has 0 radical (unpaired) electrons. The molecule has 2 heterocycles. The van der Waals surface area contributed by atoms with Gasteiger partial charge < -0.3 is 10.1 Å². The summed E-state index contributed by atoms with van der Waals surface area (Å²) < 4.78 is 5.08. The van der Waals surface area contributed by atoms with Gasteiger partial charge in [-0.05, 0) is 18.9 Å². The molecular weight excluding hydrogens is 216 g/mol. The predicted octanol–water partition coefficient (Wildman–Crippen LogP) is 1.55. The Morgan fingerprint density at radius 3 is 3.18 bits per heavy atom. The summed E-state index contributed by atoms with van der Waals surface area (Å²) in [4.78, 5) is 16.2. The molecule has 1 saturated heterocycles.